The predicted octanol–water partition coefficient (Wildman–Crippen LogP) is 4.02. The van der Waals surface area contributed by atoms with Gasteiger partial charge in [-0.2, -0.15) is 0 Å². The number of nitrogens with one attached hydrogen (secondary N) is 2. The van der Waals surface area contributed by atoms with E-state index in [1.807, 2.05) is 30.3 Å². The fourth-order valence-electron chi connectivity index (χ4n) is 4.77. The molecule has 34 heavy (non-hydrogen) atoms. The van der Waals surface area contributed by atoms with E-state index >= 15 is 0 Å². The SMILES string of the molecule is O=C(CCSc1nc2c(c(=O)[nH]1)CCCC2)N[C@H]1CC[C@H](c2nnc(-c3ccccc3)o2)CC1. The van der Waals surface area contributed by atoms with Gasteiger partial charge in [0.15, 0.2) is 5.16 Å². The maximum absolute atomic E-state index is 12.5. The molecule has 0 atom stereocenters. The van der Waals surface area contributed by atoms with Crippen LogP contribution in [0.25, 0.3) is 11.5 Å². The smallest absolute Gasteiger partial charge is 0.254 e. The molecule has 2 aliphatic carbocycles. The largest absolute Gasteiger partial charge is 0.420 e. The van der Waals surface area contributed by atoms with E-state index in [2.05, 4.69) is 25.5 Å². The van der Waals surface area contributed by atoms with E-state index in [1.165, 1.54) is 11.8 Å². The van der Waals surface area contributed by atoms with Crippen molar-refractivity contribution in [2.45, 2.75) is 74.9 Å². The Balaban J connectivity index is 1.06. The number of rotatable bonds is 7. The molecule has 2 heterocycles. The molecule has 2 aromatic heterocycles. The van der Waals surface area contributed by atoms with Gasteiger partial charge in [0.2, 0.25) is 17.7 Å². The Labute approximate surface area is 202 Å². The van der Waals surface area contributed by atoms with Crippen molar-refractivity contribution in [1.29, 1.82) is 0 Å². The molecule has 2 N–H and O–H groups in total. The number of hydrogen-bond acceptors (Lipinski definition) is 7. The lowest BCUT2D eigenvalue weighted by Gasteiger charge is -2.27. The first-order chi connectivity index (χ1) is 16.7. The number of thioether (sulfide) groups is 1. The van der Waals surface area contributed by atoms with Crippen molar-refractivity contribution in [1.82, 2.24) is 25.5 Å². The summed E-state index contributed by atoms with van der Waals surface area (Å²) in [5, 5.41) is 12.2. The third-order valence-electron chi connectivity index (χ3n) is 6.64. The zero-order chi connectivity index (χ0) is 23.3. The average molecular weight is 480 g/mol. The van der Waals surface area contributed by atoms with Crippen LogP contribution in [0.5, 0.6) is 0 Å². The van der Waals surface area contributed by atoms with Crippen molar-refractivity contribution < 1.29 is 9.21 Å². The number of aryl methyl sites for hydroxylation is 1. The summed E-state index contributed by atoms with van der Waals surface area (Å²) in [5.41, 5.74) is 2.66. The van der Waals surface area contributed by atoms with Crippen molar-refractivity contribution >= 4 is 17.7 Å². The normalized spacial score (nSPS) is 20.0. The molecule has 0 spiro atoms. The summed E-state index contributed by atoms with van der Waals surface area (Å²) in [7, 11) is 0. The summed E-state index contributed by atoms with van der Waals surface area (Å²) in [4.78, 5) is 32.2. The van der Waals surface area contributed by atoms with Crippen LogP contribution in [0.2, 0.25) is 0 Å². The van der Waals surface area contributed by atoms with Crippen LogP contribution in [0, 0.1) is 0 Å². The van der Waals surface area contributed by atoms with Gasteiger partial charge in [-0.05, 0) is 63.5 Å². The highest BCUT2D eigenvalue weighted by atomic mass is 32.2. The molecule has 5 rings (SSSR count). The van der Waals surface area contributed by atoms with Gasteiger partial charge >= 0.3 is 0 Å². The molecule has 0 saturated heterocycles. The van der Waals surface area contributed by atoms with Gasteiger partial charge in [-0.1, -0.05) is 30.0 Å². The summed E-state index contributed by atoms with van der Waals surface area (Å²) >= 11 is 1.44. The van der Waals surface area contributed by atoms with E-state index in [0.29, 0.717) is 29.1 Å². The third kappa shape index (κ3) is 5.41. The fraction of sp³-hybridized carbons (Fsp3) is 0.480. The molecule has 1 saturated carbocycles. The summed E-state index contributed by atoms with van der Waals surface area (Å²) < 4.78 is 5.92. The third-order valence-corrected chi connectivity index (χ3v) is 7.52. The number of benzene rings is 1. The van der Waals surface area contributed by atoms with Crippen LogP contribution in [0.1, 0.15) is 68.0 Å². The van der Waals surface area contributed by atoms with Gasteiger partial charge in [0, 0.05) is 35.3 Å². The van der Waals surface area contributed by atoms with Gasteiger partial charge in [-0.25, -0.2) is 4.98 Å². The van der Waals surface area contributed by atoms with Crippen LogP contribution in [-0.2, 0) is 17.6 Å². The van der Waals surface area contributed by atoms with E-state index in [0.717, 1.165) is 68.2 Å². The highest BCUT2D eigenvalue weighted by Gasteiger charge is 2.27. The number of amides is 1. The topological polar surface area (TPSA) is 114 Å². The minimum absolute atomic E-state index is 0.0226. The van der Waals surface area contributed by atoms with Crippen molar-refractivity contribution in [2.75, 3.05) is 5.75 Å². The highest BCUT2D eigenvalue weighted by Crippen LogP contribution is 2.33. The second-order valence-corrected chi connectivity index (χ2v) is 10.1. The Morgan fingerprint density at radius 1 is 1.09 bits per heavy atom. The first-order valence-electron chi connectivity index (χ1n) is 12.1. The Hall–Kier alpha value is -2.94. The van der Waals surface area contributed by atoms with Crippen molar-refractivity contribution in [3.8, 4) is 11.5 Å². The van der Waals surface area contributed by atoms with Crippen LogP contribution in [0.3, 0.4) is 0 Å². The number of hydrogen-bond donors (Lipinski definition) is 2. The monoisotopic (exact) mass is 479 g/mol. The number of aromatic amines is 1. The molecule has 1 fully saturated rings. The summed E-state index contributed by atoms with van der Waals surface area (Å²) in [6, 6.07) is 9.96. The maximum Gasteiger partial charge on any atom is 0.254 e. The van der Waals surface area contributed by atoms with E-state index in [-0.39, 0.29) is 23.4 Å². The van der Waals surface area contributed by atoms with Gasteiger partial charge in [0.25, 0.3) is 5.56 Å². The average Bonchev–Trinajstić information content (AvgIpc) is 3.36. The van der Waals surface area contributed by atoms with Crippen LogP contribution in [0.15, 0.2) is 44.7 Å². The molecule has 0 bridgehead atoms. The molecule has 178 valence electrons. The van der Waals surface area contributed by atoms with Crippen molar-refractivity contribution in [3.05, 3.63) is 57.8 Å². The molecule has 8 nitrogen and oxygen atoms in total. The van der Waals surface area contributed by atoms with Gasteiger partial charge in [-0.15, -0.1) is 10.2 Å². The van der Waals surface area contributed by atoms with Crippen LogP contribution >= 0.6 is 11.8 Å². The molecule has 3 aromatic rings. The van der Waals surface area contributed by atoms with E-state index in [4.69, 9.17) is 4.42 Å². The van der Waals surface area contributed by atoms with E-state index < -0.39 is 0 Å². The number of nitrogens with zero attached hydrogens (tertiary/aromatic N) is 3. The zero-order valence-corrected chi connectivity index (χ0v) is 19.9. The standard InChI is InChI=1S/C25H29N5O3S/c31-21(14-15-34-25-27-20-9-5-4-8-19(20)22(32)28-25)26-18-12-10-17(11-13-18)24-30-29-23(33-24)16-6-2-1-3-7-16/h1-3,6-7,17-18H,4-5,8-15H2,(H,26,31)(H,27,28,32)/t17-,18-. The summed E-state index contributed by atoms with van der Waals surface area (Å²) in [6.45, 7) is 0. The molecule has 0 unspecified atom stereocenters. The Kier molecular flexibility index (Phi) is 7.08. The second-order valence-electron chi connectivity index (χ2n) is 9.03. The number of fused-ring (bicyclic) bond motifs is 1. The number of carbonyl (C=O) groups is 1. The zero-order valence-electron chi connectivity index (χ0n) is 19.1. The minimum Gasteiger partial charge on any atom is -0.420 e. The first kappa shape index (κ1) is 22.8. The predicted molar refractivity (Wildman–Crippen MR) is 130 cm³/mol. The fourth-order valence-corrected chi connectivity index (χ4v) is 5.59. The Morgan fingerprint density at radius 2 is 1.88 bits per heavy atom. The molecule has 0 aliphatic heterocycles. The summed E-state index contributed by atoms with van der Waals surface area (Å²) in [6.07, 6.45) is 7.83. The molecule has 0 radical (unpaired) electrons. The van der Waals surface area contributed by atoms with Crippen LogP contribution < -0.4 is 10.9 Å². The van der Waals surface area contributed by atoms with E-state index in [1.54, 1.807) is 0 Å². The quantitative estimate of drug-likeness (QED) is 0.388. The first-order valence-corrected chi connectivity index (χ1v) is 13.1. The maximum atomic E-state index is 12.5. The van der Waals surface area contributed by atoms with Gasteiger partial charge in [0.1, 0.15) is 0 Å². The Morgan fingerprint density at radius 3 is 2.71 bits per heavy atom. The number of aromatic nitrogens is 4. The molecule has 2 aliphatic rings. The number of carbonyl (C=O) groups excluding carboxylic acids is 1. The van der Waals surface area contributed by atoms with Crippen LogP contribution in [0.4, 0.5) is 0 Å². The van der Waals surface area contributed by atoms with Crippen molar-refractivity contribution in [2.24, 2.45) is 0 Å². The highest BCUT2D eigenvalue weighted by molar-refractivity contribution is 7.99. The molecular formula is C25H29N5O3S. The van der Waals surface area contributed by atoms with Gasteiger partial charge in [-0.3, -0.25) is 9.59 Å². The molecular weight excluding hydrogens is 450 g/mol. The van der Waals surface area contributed by atoms with Gasteiger partial charge in [0.05, 0.1) is 5.69 Å². The minimum atomic E-state index is -0.0226. The molecule has 1 aromatic carbocycles. The lowest BCUT2D eigenvalue weighted by Crippen LogP contribution is -2.37. The number of H-pyrrole nitrogens is 1. The van der Waals surface area contributed by atoms with Crippen molar-refractivity contribution in [3.63, 3.8) is 0 Å². The van der Waals surface area contributed by atoms with E-state index in [9.17, 15) is 9.59 Å². The van der Waals surface area contributed by atoms with Crippen LogP contribution in [-0.4, -0.2) is 37.9 Å². The lowest BCUT2D eigenvalue weighted by atomic mass is 9.86. The summed E-state index contributed by atoms with van der Waals surface area (Å²) in [5.74, 6) is 2.11. The lowest BCUT2D eigenvalue weighted by molar-refractivity contribution is -0.121. The molecule has 9 heteroatoms. The second kappa shape index (κ2) is 10.5. The van der Waals surface area contributed by atoms with Gasteiger partial charge < -0.3 is 14.7 Å². The molecule has 1 amide bonds. The Bertz CT molecular complexity index is 1180.